The van der Waals surface area contributed by atoms with Crippen molar-refractivity contribution >= 4 is 23.1 Å². The number of hydrogen-bond donors (Lipinski definition) is 1. The van der Waals surface area contributed by atoms with Gasteiger partial charge in [-0.25, -0.2) is 0 Å². The molecular formula is C12H19F3N2OS. The zero-order valence-electron chi connectivity index (χ0n) is 10.9. The Labute approximate surface area is 116 Å². The van der Waals surface area contributed by atoms with Crippen molar-refractivity contribution in [1.29, 1.82) is 0 Å². The lowest BCUT2D eigenvalue weighted by molar-refractivity contribution is -0.187. The van der Waals surface area contributed by atoms with Gasteiger partial charge in [0, 0.05) is 25.9 Å². The number of thiocarbonyl (C=S) groups is 1. The Morgan fingerprint density at radius 2 is 2.05 bits per heavy atom. The van der Waals surface area contributed by atoms with Crippen LogP contribution < -0.4 is 5.73 Å². The van der Waals surface area contributed by atoms with Gasteiger partial charge in [-0.1, -0.05) is 18.6 Å². The summed E-state index contributed by atoms with van der Waals surface area (Å²) in [6.45, 7) is 0.362. The summed E-state index contributed by atoms with van der Waals surface area (Å²) < 4.78 is 38.0. The minimum Gasteiger partial charge on any atom is -0.393 e. The summed E-state index contributed by atoms with van der Waals surface area (Å²) in [6.07, 6.45) is -2.79. The van der Waals surface area contributed by atoms with Crippen molar-refractivity contribution in [3.8, 4) is 0 Å². The fraction of sp³-hybridized carbons (Fsp3) is 0.833. The van der Waals surface area contributed by atoms with Crippen molar-refractivity contribution in [2.24, 2.45) is 17.6 Å². The largest absolute Gasteiger partial charge is 0.393 e. The van der Waals surface area contributed by atoms with Gasteiger partial charge in [0.2, 0.25) is 5.91 Å². The van der Waals surface area contributed by atoms with Gasteiger partial charge in [-0.15, -0.1) is 0 Å². The number of carbonyl (C=O) groups excluding carboxylic acids is 1. The van der Waals surface area contributed by atoms with Gasteiger partial charge in [0.15, 0.2) is 0 Å². The first kappa shape index (κ1) is 16.2. The van der Waals surface area contributed by atoms with Crippen LogP contribution in [-0.2, 0) is 4.79 Å². The number of nitrogens with zero attached hydrogens (tertiary/aromatic N) is 1. The Morgan fingerprint density at radius 1 is 1.42 bits per heavy atom. The third-order valence-corrected chi connectivity index (χ3v) is 3.76. The number of rotatable bonds is 4. The van der Waals surface area contributed by atoms with Crippen molar-refractivity contribution < 1.29 is 18.0 Å². The van der Waals surface area contributed by atoms with Crippen molar-refractivity contribution in [2.45, 2.75) is 38.3 Å². The van der Waals surface area contributed by atoms with Crippen LogP contribution in [0.3, 0.4) is 0 Å². The molecule has 1 saturated carbocycles. The lowest BCUT2D eigenvalue weighted by Crippen LogP contribution is -2.39. The Hall–Kier alpha value is -0.850. The molecule has 19 heavy (non-hydrogen) atoms. The van der Waals surface area contributed by atoms with E-state index < -0.39 is 18.0 Å². The molecule has 0 bridgehead atoms. The molecule has 0 heterocycles. The lowest BCUT2D eigenvalue weighted by atomic mass is 9.80. The third-order valence-electron chi connectivity index (χ3n) is 3.56. The van der Waals surface area contributed by atoms with Crippen LogP contribution >= 0.6 is 12.2 Å². The SMILES string of the molecule is CN(CCC(N)=S)C(=O)C1CCCC(C(F)(F)F)C1. The van der Waals surface area contributed by atoms with Crippen LogP contribution in [0.25, 0.3) is 0 Å². The molecule has 1 aliphatic rings. The summed E-state index contributed by atoms with van der Waals surface area (Å²) >= 11 is 4.72. The molecular weight excluding hydrogens is 277 g/mol. The zero-order valence-corrected chi connectivity index (χ0v) is 11.7. The molecule has 0 radical (unpaired) electrons. The van der Waals surface area contributed by atoms with Gasteiger partial charge in [-0.05, 0) is 19.3 Å². The van der Waals surface area contributed by atoms with Crippen LogP contribution in [0.1, 0.15) is 32.1 Å². The standard InChI is InChI=1S/C12H19F3N2OS/c1-17(6-5-10(16)19)11(18)8-3-2-4-9(7-8)12(13,14)15/h8-9H,2-7H2,1H3,(H2,16,19). The summed E-state index contributed by atoms with van der Waals surface area (Å²) in [5.74, 6) is -2.11. The van der Waals surface area contributed by atoms with Gasteiger partial charge in [-0.3, -0.25) is 4.79 Å². The van der Waals surface area contributed by atoms with Crippen molar-refractivity contribution in [3.05, 3.63) is 0 Å². The number of alkyl halides is 3. The van der Waals surface area contributed by atoms with Gasteiger partial charge in [-0.2, -0.15) is 13.2 Å². The second-order valence-electron chi connectivity index (χ2n) is 5.08. The normalized spacial score (nSPS) is 24.0. The fourth-order valence-electron chi connectivity index (χ4n) is 2.41. The molecule has 2 unspecified atom stereocenters. The van der Waals surface area contributed by atoms with Crippen molar-refractivity contribution in [3.63, 3.8) is 0 Å². The third kappa shape index (κ3) is 4.97. The van der Waals surface area contributed by atoms with E-state index in [1.807, 2.05) is 0 Å². The Bertz CT molecular complexity index is 346. The fourth-order valence-corrected chi connectivity index (χ4v) is 2.50. The Balaban J connectivity index is 2.54. The first-order chi connectivity index (χ1) is 8.71. The molecule has 1 amide bonds. The molecule has 0 aromatic heterocycles. The quantitative estimate of drug-likeness (QED) is 0.811. The first-order valence-electron chi connectivity index (χ1n) is 6.31. The maximum atomic E-state index is 12.7. The molecule has 2 atom stereocenters. The molecule has 0 saturated heterocycles. The maximum Gasteiger partial charge on any atom is 0.391 e. The van der Waals surface area contributed by atoms with E-state index in [4.69, 9.17) is 18.0 Å². The van der Waals surface area contributed by atoms with Crippen LogP contribution in [0, 0.1) is 11.8 Å². The summed E-state index contributed by atoms with van der Waals surface area (Å²) in [5, 5.41) is 0. The molecule has 1 aliphatic carbocycles. The average Bonchev–Trinajstić information content (AvgIpc) is 2.34. The summed E-state index contributed by atoms with van der Waals surface area (Å²) in [6, 6.07) is 0. The van der Waals surface area contributed by atoms with E-state index in [0.29, 0.717) is 30.8 Å². The second-order valence-corrected chi connectivity index (χ2v) is 5.60. The Kier molecular flexibility index (Phi) is 5.58. The highest BCUT2D eigenvalue weighted by Gasteiger charge is 2.43. The van der Waals surface area contributed by atoms with Gasteiger partial charge >= 0.3 is 6.18 Å². The summed E-state index contributed by atoms with van der Waals surface area (Å²) in [5.41, 5.74) is 5.34. The Morgan fingerprint density at radius 3 is 2.58 bits per heavy atom. The zero-order chi connectivity index (χ0) is 14.6. The second kappa shape index (κ2) is 6.54. The van der Waals surface area contributed by atoms with E-state index in [-0.39, 0.29) is 18.7 Å². The van der Waals surface area contributed by atoms with E-state index >= 15 is 0 Å². The number of nitrogens with two attached hydrogens (primary N) is 1. The molecule has 0 spiro atoms. The van der Waals surface area contributed by atoms with Crippen LogP contribution in [0.5, 0.6) is 0 Å². The van der Waals surface area contributed by atoms with E-state index in [0.717, 1.165) is 0 Å². The first-order valence-corrected chi connectivity index (χ1v) is 6.72. The van der Waals surface area contributed by atoms with Crippen LogP contribution in [0.15, 0.2) is 0 Å². The van der Waals surface area contributed by atoms with Crippen molar-refractivity contribution in [2.75, 3.05) is 13.6 Å². The van der Waals surface area contributed by atoms with E-state index in [1.165, 1.54) is 4.90 Å². The van der Waals surface area contributed by atoms with Crippen molar-refractivity contribution in [1.82, 2.24) is 4.90 Å². The number of amides is 1. The van der Waals surface area contributed by atoms with Gasteiger partial charge in [0.05, 0.1) is 10.9 Å². The lowest BCUT2D eigenvalue weighted by Gasteiger charge is -2.32. The number of halogens is 3. The van der Waals surface area contributed by atoms with Gasteiger partial charge in [0.25, 0.3) is 0 Å². The van der Waals surface area contributed by atoms with Crippen LogP contribution in [0.2, 0.25) is 0 Å². The van der Waals surface area contributed by atoms with Gasteiger partial charge in [0.1, 0.15) is 0 Å². The highest BCUT2D eigenvalue weighted by Crippen LogP contribution is 2.40. The van der Waals surface area contributed by atoms with E-state index in [1.54, 1.807) is 7.05 Å². The molecule has 1 rings (SSSR count). The van der Waals surface area contributed by atoms with E-state index in [2.05, 4.69) is 0 Å². The molecule has 2 N–H and O–H groups in total. The van der Waals surface area contributed by atoms with E-state index in [9.17, 15) is 18.0 Å². The topological polar surface area (TPSA) is 46.3 Å². The summed E-state index contributed by atoms with van der Waals surface area (Å²) in [4.78, 5) is 13.8. The molecule has 7 heteroatoms. The van der Waals surface area contributed by atoms with Gasteiger partial charge < -0.3 is 10.6 Å². The number of carbonyl (C=O) groups is 1. The predicted octanol–water partition coefficient (Wildman–Crippen LogP) is 2.49. The molecule has 0 aliphatic heterocycles. The van der Waals surface area contributed by atoms with Crippen LogP contribution in [-0.4, -0.2) is 35.6 Å². The predicted molar refractivity (Wildman–Crippen MR) is 70.5 cm³/mol. The monoisotopic (exact) mass is 296 g/mol. The highest BCUT2D eigenvalue weighted by molar-refractivity contribution is 7.80. The smallest absolute Gasteiger partial charge is 0.391 e. The summed E-state index contributed by atoms with van der Waals surface area (Å²) in [7, 11) is 1.58. The maximum absolute atomic E-state index is 12.7. The molecule has 0 aromatic carbocycles. The average molecular weight is 296 g/mol. The minimum absolute atomic E-state index is 0.0975. The minimum atomic E-state index is -4.20. The molecule has 1 fully saturated rings. The molecule has 0 aromatic rings. The van der Waals surface area contributed by atoms with Crippen LogP contribution in [0.4, 0.5) is 13.2 Å². The number of hydrogen-bond acceptors (Lipinski definition) is 2. The highest BCUT2D eigenvalue weighted by atomic mass is 32.1. The molecule has 3 nitrogen and oxygen atoms in total. The molecule has 110 valence electrons.